The monoisotopic (exact) mass is 362 g/mol. The van der Waals surface area contributed by atoms with Crippen molar-refractivity contribution in [1.29, 1.82) is 0 Å². The molecule has 136 valence electrons. The van der Waals surface area contributed by atoms with Crippen molar-refractivity contribution in [3.63, 3.8) is 0 Å². The molecule has 3 rings (SSSR count). The first kappa shape index (κ1) is 18.0. The van der Waals surface area contributed by atoms with Gasteiger partial charge in [0.25, 0.3) is 5.56 Å². The number of thioether (sulfide) groups is 1. The highest BCUT2D eigenvalue weighted by Gasteiger charge is 2.22. The summed E-state index contributed by atoms with van der Waals surface area (Å²) in [5.41, 5.74) is 2.05. The molecule has 25 heavy (non-hydrogen) atoms. The SMILES string of the molecule is CCn1c(SCC(=O)N(C)C2CCCCC2)nc2cc(C)[nH]c2c1=O. The molecule has 0 aromatic carbocycles. The Morgan fingerprint density at radius 3 is 2.80 bits per heavy atom. The van der Waals surface area contributed by atoms with Crippen LogP contribution in [0.5, 0.6) is 0 Å². The van der Waals surface area contributed by atoms with Crippen molar-refractivity contribution >= 4 is 28.7 Å². The predicted octanol–water partition coefficient (Wildman–Crippen LogP) is 2.94. The summed E-state index contributed by atoms with van der Waals surface area (Å²) in [6, 6.07) is 2.23. The predicted molar refractivity (Wildman–Crippen MR) is 101 cm³/mol. The standard InChI is InChI=1S/C18H26N4O2S/c1-4-22-17(24)16-14(10-12(2)19-16)20-18(22)25-11-15(23)21(3)13-8-6-5-7-9-13/h10,13,19H,4-9,11H2,1-3H3. The van der Waals surface area contributed by atoms with E-state index in [0.29, 0.717) is 34.5 Å². The Balaban J connectivity index is 1.76. The van der Waals surface area contributed by atoms with E-state index in [9.17, 15) is 9.59 Å². The van der Waals surface area contributed by atoms with E-state index >= 15 is 0 Å². The van der Waals surface area contributed by atoms with Crippen molar-refractivity contribution in [3.05, 3.63) is 22.1 Å². The molecule has 0 unspecified atom stereocenters. The molecule has 0 atom stereocenters. The molecule has 0 saturated heterocycles. The summed E-state index contributed by atoms with van der Waals surface area (Å²) in [5, 5.41) is 0.615. The van der Waals surface area contributed by atoms with Crippen LogP contribution in [0.4, 0.5) is 0 Å². The second kappa shape index (κ2) is 7.64. The molecular formula is C18H26N4O2S. The topological polar surface area (TPSA) is 71.0 Å². The fourth-order valence-corrected chi connectivity index (χ4v) is 4.49. The summed E-state index contributed by atoms with van der Waals surface area (Å²) in [5.74, 6) is 0.424. The minimum Gasteiger partial charge on any atom is -0.353 e. The minimum atomic E-state index is -0.0730. The Kier molecular flexibility index (Phi) is 5.51. The van der Waals surface area contributed by atoms with Crippen molar-refractivity contribution in [2.24, 2.45) is 0 Å². The van der Waals surface area contributed by atoms with Gasteiger partial charge in [0.1, 0.15) is 5.52 Å². The number of aryl methyl sites for hydroxylation is 1. The number of aromatic nitrogens is 3. The molecule has 1 aliphatic carbocycles. The first-order chi connectivity index (χ1) is 12.0. The van der Waals surface area contributed by atoms with Gasteiger partial charge >= 0.3 is 0 Å². The Labute approximate surface area is 152 Å². The van der Waals surface area contributed by atoms with E-state index < -0.39 is 0 Å². The number of hydrogen-bond acceptors (Lipinski definition) is 4. The quantitative estimate of drug-likeness (QED) is 0.656. The van der Waals surface area contributed by atoms with Crippen LogP contribution in [-0.2, 0) is 11.3 Å². The molecule has 1 saturated carbocycles. The number of amides is 1. The van der Waals surface area contributed by atoms with Crippen LogP contribution < -0.4 is 5.56 Å². The number of nitrogens with zero attached hydrogens (tertiary/aromatic N) is 3. The number of H-pyrrole nitrogens is 1. The zero-order valence-electron chi connectivity index (χ0n) is 15.2. The number of carbonyl (C=O) groups is 1. The molecule has 0 radical (unpaired) electrons. The molecule has 0 aliphatic heterocycles. The van der Waals surface area contributed by atoms with Gasteiger partial charge in [0.2, 0.25) is 5.91 Å². The maximum Gasteiger partial charge on any atom is 0.278 e. The Hall–Kier alpha value is -1.76. The van der Waals surface area contributed by atoms with Gasteiger partial charge < -0.3 is 9.88 Å². The first-order valence-electron chi connectivity index (χ1n) is 9.00. The lowest BCUT2D eigenvalue weighted by atomic mass is 9.94. The largest absolute Gasteiger partial charge is 0.353 e. The Morgan fingerprint density at radius 2 is 2.12 bits per heavy atom. The highest BCUT2D eigenvalue weighted by Crippen LogP contribution is 2.23. The first-order valence-corrected chi connectivity index (χ1v) is 9.98. The molecule has 1 fully saturated rings. The van der Waals surface area contributed by atoms with Gasteiger partial charge in [0.15, 0.2) is 5.16 Å². The van der Waals surface area contributed by atoms with Crippen LogP contribution >= 0.6 is 11.8 Å². The van der Waals surface area contributed by atoms with Gasteiger partial charge in [-0.2, -0.15) is 0 Å². The van der Waals surface area contributed by atoms with E-state index in [1.54, 1.807) is 4.57 Å². The lowest BCUT2D eigenvalue weighted by molar-refractivity contribution is -0.129. The molecule has 7 heteroatoms. The summed E-state index contributed by atoms with van der Waals surface area (Å²) in [6.07, 6.45) is 5.88. The number of hydrogen-bond donors (Lipinski definition) is 1. The maximum atomic E-state index is 12.6. The Morgan fingerprint density at radius 1 is 1.40 bits per heavy atom. The molecule has 0 spiro atoms. The molecule has 1 aliphatic rings. The van der Waals surface area contributed by atoms with E-state index in [-0.39, 0.29) is 11.5 Å². The van der Waals surface area contributed by atoms with Crippen LogP contribution in [0.1, 0.15) is 44.7 Å². The maximum absolute atomic E-state index is 12.6. The third kappa shape index (κ3) is 3.76. The van der Waals surface area contributed by atoms with Gasteiger partial charge in [-0.25, -0.2) is 4.98 Å². The molecule has 0 bridgehead atoms. The third-order valence-electron chi connectivity index (χ3n) is 4.99. The molecule has 1 amide bonds. The smallest absolute Gasteiger partial charge is 0.278 e. The van der Waals surface area contributed by atoms with Crippen LogP contribution in [0.3, 0.4) is 0 Å². The van der Waals surface area contributed by atoms with Crippen molar-refractivity contribution in [1.82, 2.24) is 19.4 Å². The third-order valence-corrected chi connectivity index (χ3v) is 5.96. The van der Waals surface area contributed by atoms with Crippen LogP contribution in [0.2, 0.25) is 0 Å². The van der Waals surface area contributed by atoms with E-state index in [1.807, 2.05) is 31.9 Å². The Bertz CT molecular complexity index is 820. The van der Waals surface area contributed by atoms with Gasteiger partial charge in [-0.15, -0.1) is 0 Å². The van der Waals surface area contributed by atoms with Crippen molar-refractivity contribution < 1.29 is 4.79 Å². The van der Waals surface area contributed by atoms with E-state index in [0.717, 1.165) is 18.5 Å². The zero-order valence-corrected chi connectivity index (χ0v) is 16.0. The lowest BCUT2D eigenvalue weighted by Gasteiger charge is -2.31. The van der Waals surface area contributed by atoms with E-state index in [4.69, 9.17) is 0 Å². The fourth-order valence-electron chi connectivity index (χ4n) is 3.50. The number of rotatable bonds is 5. The highest BCUT2D eigenvalue weighted by molar-refractivity contribution is 7.99. The van der Waals surface area contributed by atoms with Gasteiger partial charge in [-0.3, -0.25) is 14.2 Å². The summed E-state index contributed by atoms with van der Waals surface area (Å²) >= 11 is 1.36. The molecule has 2 aromatic heterocycles. The molecule has 1 N–H and O–H groups in total. The average Bonchev–Trinajstić information content (AvgIpc) is 3.00. The van der Waals surface area contributed by atoms with Crippen LogP contribution in [0, 0.1) is 6.92 Å². The van der Waals surface area contributed by atoms with E-state index in [1.165, 1.54) is 31.0 Å². The second-order valence-corrected chi connectivity index (χ2v) is 7.68. The molecule has 2 heterocycles. The number of fused-ring (bicyclic) bond motifs is 1. The van der Waals surface area contributed by atoms with Crippen molar-refractivity contribution in [3.8, 4) is 0 Å². The average molecular weight is 362 g/mol. The van der Waals surface area contributed by atoms with Crippen molar-refractivity contribution in [2.45, 2.75) is 63.7 Å². The number of carbonyl (C=O) groups excluding carboxylic acids is 1. The normalized spacial score (nSPS) is 15.6. The molecular weight excluding hydrogens is 336 g/mol. The number of nitrogens with one attached hydrogen (secondary N) is 1. The second-order valence-electron chi connectivity index (χ2n) is 6.74. The van der Waals surface area contributed by atoms with Crippen LogP contribution in [-0.4, -0.2) is 44.2 Å². The number of aromatic amines is 1. The van der Waals surface area contributed by atoms with Gasteiger partial charge in [0.05, 0.1) is 11.3 Å². The van der Waals surface area contributed by atoms with Crippen LogP contribution in [0.15, 0.2) is 16.0 Å². The fraction of sp³-hybridized carbons (Fsp3) is 0.611. The van der Waals surface area contributed by atoms with Gasteiger partial charge in [-0.05, 0) is 32.8 Å². The zero-order chi connectivity index (χ0) is 18.0. The molecule has 6 nitrogen and oxygen atoms in total. The van der Waals surface area contributed by atoms with Gasteiger partial charge in [-0.1, -0.05) is 31.0 Å². The molecule has 2 aromatic rings. The van der Waals surface area contributed by atoms with Crippen molar-refractivity contribution in [2.75, 3.05) is 12.8 Å². The highest BCUT2D eigenvalue weighted by atomic mass is 32.2. The lowest BCUT2D eigenvalue weighted by Crippen LogP contribution is -2.39. The minimum absolute atomic E-state index is 0.0730. The van der Waals surface area contributed by atoms with Crippen LogP contribution in [0.25, 0.3) is 11.0 Å². The summed E-state index contributed by atoms with van der Waals surface area (Å²) in [6.45, 7) is 4.37. The summed E-state index contributed by atoms with van der Waals surface area (Å²) in [7, 11) is 1.90. The van der Waals surface area contributed by atoms with E-state index in [2.05, 4.69) is 9.97 Å². The summed E-state index contributed by atoms with van der Waals surface area (Å²) < 4.78 is 1.64. The van der Waals surface area contributed by atoms with Gasteiger partial charge in [0, 0.05) is 25.3 Å². The summed E-state index contributed by atoms with van der Waals surface area (Å²) in [4.78, 5) is 34.7.